The van der Waals surface area contributed by atoms with Gasteiger partial charge in [0.05, 0.1) is 37.7 Å². The number of amides is 2. The van der Waals surface area contributed by atoms with E-state index in [0.717, 1.165) is 31.2 Å². The van der Waals surface area contributed by atoms with Crippen LogP contribution in [0.25, 0.3) is 0 Å². The first-order valence-corrected chi connectivity index (χ1v) is 14.0. The Morgan fingerprint density at radius 3 is 2.26 bits per heavy atom. The van der Waals surface area contributed by atoms with Gasteiger partial charge in [-0.25, -0.2) is 4.79 Å². The first kappa shape index (κ1) is 33.6. The van der Waals surface area contributed by atoms with Crippen LogP contribution in [-0.2, 0) is 35.0 Å². The number of carbonyl (C=O) groups excluding carboxylic acids is 3. The van der Waals surface area contributed by atoms with Crippen LogP contribution in [0.4, 0.5) is 0 Å². The summed E-state index contributed by atoms with van der Waals surface area (Å²) in [4.78, 5) is 40.8. The molecule has 0 aromatic heterocycles. The maximum Gasteiger partial charge on any atom is 0.328 e. The minimum absolute atomic E-state index is 0.0267. The summed E-state index contributed by atoms with van der Waals surface area (Å²) < 4.78 is 16.3. The molecule has 1 heterocycles. The molecule has 0 spiro atoms. The van der Waals surface area contributed by atoms with E-state index in [1.807, 2.05) is 49.1 Å². The lowest BCUT2D eigenvalue weighted by Crippen LogP contribution is -2.52. The number of hydrogen-bond acceptors (Lipinski definition) is 6. The van der Waals surface area contributed by atoms with Crippen LogP contribution in [0.15, 0.2) is 30.3 Å². The fraction of sp³-hybridized carbons (Fsp3) is 0.700. The standard InChI is InChI=1S/C28H44N2O6.C2H6/c1-7-19(2)16-22(34-4)18-25(31)30-15-11-14-24(30)26(35-5)20(3)27(32)29-23(28(33)36-6)17-21-12-9-8-10-13-21;1-2/h8-10,12-13,19-20,22-24,26H,7,11,14-18H2,1-6H3,(H,29,32);1-2H3. The van der Waals surface area contributed by atoms with Crippen molar-refractivity contribution in [3.8, 4) is 0 Å². The maximum atomic E-state index is 13.3. The van der Waals surface area contributed by atoms with Gasteiger partial charge in [-0.3, -0.25) is 9.59 Å². The van der Waals surface area contributed by atoms with E-state index in [2.05, 4.69) is 19.2 Å². The highest BCUT2D eigenvalue weighted by Gasteiger charge is 2.40. The first-order chi connectivity index (χ1) is 18.2. The quantitative estimate of drug-likeness (QED) is 0.356. The monoisotopic (exact) mass is 534 g/mol. The van der Waals surface area contributed by atoms with Gasteiger partial charge in [0.1, 0.15) is 6.04 Å². The zero-order valence-electron chi connectivity index (χ0n) is 24.7. The smallest absolute Gasteiger partial charge is 0.328 e. The molecule has 2 rings (SSSR count). The molecule has 6 unspecified atom stereocenters. The van der Waals surface area contributed by atoms with Gasteiger partial charge in [0, 0.05) is 27.2 Å². The maximum absolute atomic E-state index is 13.3. The molecule has 1 aromatic carbocycles. The molecule has 0 radical (unpaired) electrons. The van der Waals surface area contributed by atoms with Gasteiger partial charge in [-0.05, 0) is 30.7 Å². The summed E-state index contributed by atoms with van der Waals surface area (Å²) in [5, 5.41) is 2.85. The number of methoxy groups -OCH3 is 3. The van der Waals surface area contributed by atoms with Crippen molar-refractivity contribution >= 4 is 17.8 Å². The molecule has 216 valence electrons. The van der Waals surface area contributed by atoms with Crippen molar-refractivity contribution in [2.75, 3.05) is 27.9 Å². The van der Waals surface area contributed by atoms with Gasteiger partial charge in [0.2, 0.25) is 11.8 Å². The van der Waals surface area contributed by atoms with Gasteiger partial charge in [-0.1, -0.05) is 71.4 Å². The third-order valence-corrected chi connectivity index (χ3v) is 7.36. The molecule has 6 atom stereocenters. The summed E-state index contributed by atoms with van der Waals surface area (Å²) in [5.41, 5.74) is 0.918. The van der Waals surface area contributed by atoms with Crippen LogP contribution in [0.1, 0.15) is 72.3 Å². The third-order valence-electron chi connectivity index (χ3n) is 7.36. The van der Waals surface area contributed by atoms with Gasteiger partial charge in [0.25, 0.3) is 0 Å². The number of ether oxygens (including phenoxy) is 3. The molecule has 1 fully saturated rings. The Bertz CT molecular complexity index is 833. The molecule has 1 aromatic rings. The molecule has 1 saturated heterocycles. The molecule has 2 amide bonds. The molecule has 0 bridgehead atoms. The van der Waals surface area contributed by atoms with E-state index in [4.69, 9.17) is 14.2 Å². The SMILES string of the molecule is CC.CCC(C)CC(CC(=O)N1CCCC1C(OC)C(C)C(=O)NC(Cc1ccccc1)C(=O)OC)OC. The summed E-state index contributed by atoms with van der Waals surface area (Å²) >= 11 is 0. The van der Waals surface area contributed by atoms with E-state index in [-0.39, 0.29) is 24.0 Å². The lowest BCUT2D eigenvalue weighted by atomic mass is 9.93. The number of hydrogen-bond donors (Lipinski definition) is 1. The van der Waals surface area contributed by atoms with Crippen molar-refractivity contribution in [3.63, 3.8) is 0 Å². The lowest BCUT2D eigenvalue weighted by Gasteiger charge is -2.35. The highest BCUT2D eigenvalue weighted by molar-refractivity contribution is 5.86. The minimum Gasteiger partial charge on any atom is -0.467 e. The number of rotatable bonds is 14. The summed E-state index contributed by atoms with van der Waals surface area (Å²) in [6.07, 6.45) is 3.50. The Kier molecular flexibility index (Phi) is 15.9. The number of nitrogens with one attached hydrogen (secondary N) is 1. The molecule has 1 aliphatic rings. The zero-order chi connectivity index (χ0) is 28.7. The fourth-order valence-electron chi connectivity index (χ4n) is 4.97. The van der Waals surface area contributed by atoms with E-state index < -0.39 is 24.0 Å². The Hall–Kier alpha value is -2.45. The van der Waals surface area contributed by atoms with Gasteiger partial charge in [-0.2, -0.15) is 0 Å². The zero-order valence-corrected chi connectivity index (χ0v) is 24.7. The Balaban J connectivity index is 0.00000352. The van der Waals surface area contributed by atoms with Crippen LogP contribution in [0.2, 0.25) is 0 Å². The van der Waals surface area contributed by atoms with Gasteiger partial charge < -0.3 is 24.4 Å². The van der Waals surface area contributed by atoms with Crippen molar-refractivity contribution in [1.29, 1.82) is 0 Å². The molecule has 0 saturated carbocycles. The topological polar surface area (TPSA) is 94.2 Å². The lowest BCUT2D eigenvalue weighted by molar-refractivity contribution is -0.147. The minimum atomic E-state index is -0.811. The largest absolute Gasteiger partial charge is 0.467 e. The van der Waals surface area contributed by atoms with E-state index in [0.29, 0.717) is 25.3 Å². The molecular formula is C30H50N2O6. The predicted molar refractivity (Wildman–Crippen MR) is 150 cm³/mol. The van der Waals surface area contributed by atoms with Crippen LogP contribution in [-0.4, -0.2) is 74.8 Å². The number of esters is 1. The average Bonchev–Trinajstić information content (AvgIpc) is 3.43. The molecule has 8 heteroatoms. The van der Waals surface area contributed by atoms with Crippen LogP contribution < -0.4 is 5.32 Å². The highest BCUT2D eigenvalue weighted by atomic mass is 16.5. The van der Waals surface area contributed by atoms with Crippen molar-refractivity contribution in [3.05, 3.63) is 35.9 Å². The normalized spacial score (nSPS) is 18.8. The molecule has 1 aliphatic heterocycles. The first-order valence-electron chi connectivity index (χ1n) is 14.0. The van der Waals surface area contributed by atoms with E-state index in [9.17, 15) is 14.4 Å². The summed E-state index contributed by atoms with van der Waals surface area (Å²) in [6, 6.07) is 8.45. The number of benzene rings is 1. The second kappa shape index (κ2) is 17.9. The summed E-state index contributed by atoms with van der Waals surface area (Å²) in [7, 11) is 4.53. The Morgan fingerprint density at radius 1 is 1.05 bits per heavy atom. The molecule has 1 N–H and O–H groups in total. The predicted octanol–water partition coefficient (Wildman–Crippen LogP) is 4.40. The van der Waals surface area contributed by atoms with Crippen LogP contribution in [0, 0.1) is 11.8 Å². The fourth-order valence-corrected chi connectivity index (χ4v) is 4.97. The van der Waals surface area contributed by atoms with Crippen LogP contribution in [0.5, 0.6) is 0 Å². The van der Waals surface area contributed by atoms with Crippen LogP contribution in [0.3, 0.4) is 0 Å². The van der Waals surface area contributed by atoms with E-state index in [1.54, 1.807) is 21.1 Å². The number of likely N-dealkylation sites (tertiary alicyclic amines) is 1. The second-order valence-corrected chi connectivity index (χ2v) is 9.87. The summed E-state index contributed by atoms with van der Waals surface area (Å²) in [5.74, 6) is -0.878. The summed E-state index contributed by atoms with van der Waals surface area (Å²) in [6.45, 7) is 10.7. The number of nitrogens with zero attached hydrogens (tertiary/aromatic N) is 1. The molecular weight excluding hydrogens is 484 g/mol. The van der Waals surface area contributed by atoms with Gasteiger partial charge >= 0.3 is 5.97 Å². The van der Waals surface area contributed by atoms with Crippen molar-refractivity contribution < 1.29 is 28.6 Å². The van der Waals surface area contributed by atoms with Crippen molar-refractivity contribution in [2.45, 2.75) is 97.4 Å². The van der Waals surface area contributed by atoms with Crippen molar-refractivity contribution in [1.82, 2.24) is 10.2 Å². The second-order valence-electron chi connectivity index (χ2n) is 9.87. The van der Waals surface area contributed by atoms with Crippen molar-refractivity contribution in [2.24, 2.45) is 11.8 Å². The molecule has 38 heavy (non-hydrogen) atoms. The Morgan fingerprint density at radius 2 is 1.71 bits per heavy atom. The molecule has 8 nitrogen and oxygen atoms in total. The van der Waals surface area contributed by atoms with Gasteiger partial charge in [-0.15, -0.1) is 0 Å². The number of carbonyl (C=O) groups is 3. The van der Waals surface area contributed by atoms with Gasteiger partial charge in [0.15, 0.2) is 0 Å². The average molecular weight is 535 g/mol. The highest BCUT2D eigenvalue weighted by Crippen LogP contribution is 2.28. The third kappa shape index (κ3) is 10.0. The van der Waals surface area contributed by atoms with Crippen LogP contribution >= 0.6 is 0 Å². The van der Waals surface area contributed by atoms with E-state index >= 15 is 0 Å². The molecule has 0 aliphatic carbocycles. The Labute approximate surface area is 229 Å². The van der Waals surface area contributed by atoms with E-state index in [1.165, 1.54) is 7.11 Å².